The molecule has 0 bridgehead atoms. The van der Waals surface area contributed by atoms with Gasteiger partial charge in [-0.3, -0.25) is 0 Å². The van der Waals surface area contributed by atoms with E-state index in [-0.39, 0.29) is 35.4 Å². The predicted octanol–water partition coefficient (Wildman–Crippen LogP) is 16.1. The first-order chi connectivity index (χ1) is 31.4. The third-order valence-corrected chi connectivity index (χ3v) is 11.5. The lowest BCUT2D eigenvalue weighted by Crippen LogP contribution is -2.10. The normalized spacial score (nSPS) is 12.3. The van der Waals surface area contributed by atoms with Crippen molar-refractivity contribution in [2.45, 2.75) is 0 Å². The summed E-state index contributed by atoms with van der Waals surface area (Å²) in [5, 5.41) is 4.55. The van der Waals surface area contributed by atoms with E-state index in [4.69, 9.17) is 0 Å². The van der Waals surface area contributed by atoms with Crippen LogP contribution in [0, 0.1) is 0 Å². The quantitative estimate of drug-likeness (QED) is 0.149. The highest BCUT2D eigenvalue weighted by Crippen LogP contribution is 2.42. The SMILES string of the molecule is [2H]c1c([2H])c(N(c2ccc(-c3ccccc3)cc2)c2cccc(-c3cccc4c3c3ccccc3n4-c3ccccc3)c2)c([2H])c([2H])c1-c1ccc(-c2cccc3ccccc23)cc1. The van der Waals surface area contributed by atoms with Crippen molar-refractivity contribution in [1.29, 1.82) is 0 Å². The maximum Gasteiger partial charge on any atom is 0.0645 e. The molecule has 0 aliphatic carbocycles. The molecule has 2 nitrogen and oxygen atoms in total. The molecule has 2 heteroatoms. The molecular formula is C58H40N2. The molecule has 1 heterocycles. The smallest absolute Gasteiger partial charge is 0.0645 e. The standard InChI is InChI=1S/C58H40N2/c1-3-14-41(15-4-1)43-32-36-49(37-33-43)59(50-38-34-44(35-39-50)42-28-30-46(31-29-42)53-24-12-17-45-16-7-8-22-52(45)53)51-21-11-18-47(40-51)54-25-13-27-57-58(54)55-23-9-10-26-56(55)60(57)48-19-5-2-6-20-48/h1-40H/i34D,35D,38D,39D. The molecule has 0 fully saturated rings. The number of benzene rings is 10. The van der Waals surface area contributed by atoms with E-state index in [0.717, 1.165) is 71.6 Å². The minimum Gasteiger partial charge on any atom is -0.310 e. The lowest BCUT2D eigenvalue weighted by molar-refractivity contribution is 1.18. The molecule has 0 amide bonds. The van der Waals surface area contributed by atoms with Gasteiger partial charge in [0, 0.05) is 33.5 Å². The van der Waals surface area contributed by atoms with E-state index < -0.39 is 0 Å². The molecule has 11 aromatic rings. The Kier molecular flexibility index (Phi) is 7.83. The molecule has 1 aromatic heterocycles. The van der Waals surface area contributed by atoms with Crippen molar-refractivity contribution in [3.63, 3.8) is 0 Å². The monoisotopic (exact) mass is 768 g/mol. The molecule has 0 aliphatic heterocycles. The van der Waals surface area contributed by atoms with Crippen molar-refractivity contribution >= 4 is 49.6 Å². The summed E-state index contributed by atoms with van der Waals surface area (Å²) >= 11 is 0. The fourth-order valence-corrected chi connectivity index (χ4v) is 8.62. The number of nitrogens with zero attached hydrogens (tertiary/aromatic N) is 2. The van der Waals surface area contributed by atoms with Crippen LogP contribution in [0.4, 0.5) is 17.1 Å². The second kappa shape index (κ2) is 15.1. The number of aromatic nitrogens is 1. The van der Waals surface area contributed by atoms with Crippen LogP contribution >= 0.6 is 0 Å². The van der Waals surface area contributed by atoms with Crippen LogP contribution in [0.5, 0.6) is 0 Å². The molecule has 0 radical (unpaired) electrons. The van der Waals surface area contributed by atoms with Crippen molar-refractivity contribution in [2.75, 3.05) is 4.90 Å². The van der Waals surface area contributed by atoms with Gasteiger partial charge in [0.2, 0.25) is 0 Å². The number of anilines is 3. The summed E-state index contributed by atoms with van der Waals surface area (Å²) in [6.45, 7) is 0. The molecule has 60 heavy (non-hydrogen) atoms. The molecule has 0 saturated carbocycles. The summed E-state index contributed by atoms with van der Waals surface area (Å²) in [5.41, 5.74) is 12.0. The van der Waals surface area contributed by atoms with E-state index in [1.807, 2.05) is 108 Å². The van der Waals surface area contributed by atoms with Gasteiger partial charge in [0.1, 0.15) is 0 Å². The third-order valence-electron chi connectivity index (χ3n) is 11.5. The average Bonchev–Trinajstić information content (AvgIpc) is 3.70. The van der Waals surface area contributed by atoms with E-state index in [1.165, 1.54) is 0 Å². The highest BCUT2D eigenvalue weighted by Gasteiger charge is 2.18. The highest BCUT2D eigenvalue weighted by atomic mass is 15.1. The fraction of sp³-hybridized carbons (Fsp3) is 0. The average molecular weight is 769 g/mol. The van der Waals surface area contributed by atoms with Gasteiger partial charge in [-0.1, -0.05) is 182 Å². The lowest BCUT2D eigenvalue weighted by atomic mass is 9.96. The fourth-order valence-electron chi connectivity index (χ4n) is 8.62. The zero-order chi connectivity index (χ0) is 43.3. The number of rotatable bonds is 8. The first-order valence-corrected chi connectivity index (χ1v) is 20.3. The largest absolute Gasteiger partial charge is 0.310 e. The van der Waals surface area contributed by atoms with Crippen LogP contribution in [0.2, 0.25) is 0 Å². The summed E-state index contributed by atoms with van der Waals surface area (Å²) in [6, 6.07) is 73.6. The van der Waals surface area contributed by atoms with Gasteiger partial charge in [0.25, 0.3) is 0 Å². The Morgan fingerprint density at radius 3 is 1.68 bits per heavy atom. The zero-order valence-corrected chi connectivity index (χ0v) is 32.7. The van der Waals surface area contributed by atoms with Crippen LogP contribution in [-0.4, -0.2) is 4.57 Å². The Labute approximate surface area is 356 Å². The van der Waals surface area contributed by atoms with Crippen LogP contribution in [0.15, 0.2) is 243 Å². The summed E-state index contributed by atoms with van der Waals surface area (Å²) in [5.74, 6) is 0. The molecule has 0 spiro atoms. The Hall–Kier alpha value is -7.94. The highest BCUT2D eigenvalue weighted by molar-refractivity contribution is 6.16. The Balaban J connectivity index is 1.06. The second-order valence-electron chi connectivity index (χ2n) is 15.0. The van der Waals surface area contributed by atoms with Crippen molar-refractivity contribution in [3.8, 4) is 50.2 Å². The van der Waals surface area contributed by atoms with Gasteiger partial charge in [-0.2, -0.15) is 0 Å². The second-order valence-corrected chi connectivity index (χ2v) is 15.0. The topological polar surface area (TPSA) is 8.17 Å². The Morgan fingerprint density at radius 1 is 0.333 bits per heavy atom. The maximum absolute atomic E-state index is 9.66. The number of fused-ring (bicyclic) bond motifs is 4. The van der Waals surface area contributed by atoms with E-state index in [9.17, 15) is 5.48 Å². The Morgan fingerprint density at radius 2 is 0.883 bits per heavy atom. The molecule has 0 N–H and O–H groups in total. The molecule has 282 valence electrons. The van der Waals surface area contributed by atoms with E-state index in [1.54, 1.807) is 0 Å². The summed E-state index contributed by atoms with van der Waals surface area (Å²) in [6.07, 6.45) is 0. The molecule has 0 saturated heterocycles. The van der Waals surface area contributed by atoms with Gasteiger partial charge in [-0.05, 0) is 116 Å². The van der Waals surface area contributed by atoms with Crippen LogP contribution in [0.3, 0.4) is 0 Å². The zero-order valence-electron chi connectivity index (χ0n) is 36.7. The molecular weight excluding hydrogens is 725 g/mol. The van der Waals surface area contributed by atoms with Crippen LogP contribution < -0.4 is 4.90 Å². The van der Waals surface area contributed by atoms with Gasteiger partial charge in [-0.15, -0.1) is 0 Å². The number of hydrogen-bond donors (Lipinski definition) is 0. The van der Waals surface area contributed by atoms with E-state index >= 15 is 0 Å². The van der Waals surface area contributed by atoms with Crippen LogP contribution in [0.25, 0.3) is 82.8 Å². The minimum absolute atomic E-state index is 0.102. The van der Waals surface area contributed by atoms with Crippen LogP contribution in [-0.2, 0) is 0 Å². The van der Waals surface area contributed by atoms with Crippen molar-refractivity contribution < 1.29 is 5.48 Å². The van der Waals surface area contributed by atoms with Gasteiger partial charge in [0.15, 0.2) is 0 Å². The van der Waals surface area contributed by atoms with Gasteiger partial charge in [-0.25, -0.2) is 0 Å². The Bertz CT molecular complexity index is 3490. The molecule has 0 aliphatic rings. The van der Waals surface area contributed by atoms with E-state index in [0.29, 0.717) is 16.9 Å². The molecule has 11 rings (SSSR count). The lowest BCUT2D eigenvalue weighted by Gasteiger charge is -2.26. The number of hydrogen-bond acceptors (Lipinski definition) is 1. The summed E-state index contributed by atoms with van der Waals surface area (Å²) in [7, 11) is 0. The molecule has 0 unspecified atom stereocenters. The van der Waals surface area contributed by atoms with E-state index in [2.05, 4.69) is 120 Å². The molecule has 0 atom stereocenters. The first kappa shape index (κ1) is 31.1. The van der Waals surface area contributed by atoms with Crippen molar-refractivity contribution in [2.24, 2.45) is 0 Å². The van der Waals surface area contributed by atoms with Gasteiger partial charge in [0.05, 0.1) is 16.5 Å². The van der Waals surface area contributed by atoms with Gasteiger partial charge >= 0.3 is 0 Å². The summed E-state index contributed by atoms with van der Waals surface area (Å²) < 4.78 is 40.6. The summed E-state index contributed by atoms with van der Waals surface area (Å²) in [4.78, 5) is 1.87. The first-order valence-electron chi connectivity index (χ1n) is 22.3. The minimum atomic E-state index is -0.125. The number of para-hydroxylation sites is 2. The van der Waals surface area contributed by atoms with Gasteiger partial charge < -0.3 is 9.47 Å². The van der Waals surface area contributed by atoms with Crippen molar-refractivity contribution in [3.05, 3.63) is 243 Å². The van der Waals surface area contributed by atoms with Crippen molar-refractivity contribution in [1.82, 2.24) is 4.57 Å². The molecule has 10 aromatic carbocycles. The maximum atomic E-state index is 9.66. The van der Waals surface area contributed by atoms with Crippen LogP contribution in [0.1, 0.15) is 5.48 Å². The third kappa shape index (κ3) is 6.32. The predicted molar refractivity (Wildman–Crippen MR) is 255 cm³/mol.